The Kier molecular flexibility index (Phi) is 7.40. The second kappa shape index (κ2) is 11.9. The molecular weight excluding hydrogens is 738 g/mol. The summed E-state index contributed by atoms with van der Waals surface area (Å²) < 4.78 is 0. The molecule has 0 fully saturated rings. The van der Waals surface area contributed by atoms with E-state index in [-0.39, 0.29) is 54.1 Å². The number of nitrogens with zero attached hydrogens (tertiary/aromatic N) is 6. The van der Waals surface area contributed by atoms with Crippen LogP contribution in [0, 0.1) is 0 Å². The van der Waals surface area contributed by atoms with E-state index in [0.717, 1.165) is 10.8 Å². The molecule has 250 valence electrons. The van der Waals surface area contributed by atoms with E-state index in [9.17, 15) is 39.6 Å². The molecule has 3 aromatic heterocycles. The van der Waals surface area contributed by atoms with Crippen LogP contribution in [0.1, 0.15) is 41.4 Å². The maximum Gasteiger partial charge on any atom is 2.00 e. The number of benzene rings is 4. The third-order valence-corrected chi connectivity index (χ3v) is 8.85. The summed E-state index contributed by atoms with van der Waals surface area (Å²) in [5.41, 5.74) is -2.31. The van der Waals surface area contributed by atoms with E-state index in [1.807, 2.05) is 24.3 Å². The summed E-state index contributed by atoms with van der Waals surface area (Å²) in [5.74, 6) is -7.17. The quantitative estimate of drug-likeness (QED) is 0.119. The van der Waals surface area contributed by atoms with Crippen LogP contribution in [0.4, 0.5) is 0 Å². The van der Waals surface area contributed by atoms with Crippen molar-refractivity contribution in [3.05, 3.63) is 95.1 Å². The van der Waals surface area contributed by atoms with Gasteiger partial charge in [-0.15, -0.1) is 0 Å². The Balaban J connectivity index is 0.00000400. The Hall–Kier alpha value is -7.26. The zero-order valence-corrected chi connectivity index (χ0v) is 29.7. The predicted octanol–water partition coefficient (Wildman–Crippen LogP) is 5.66. The minimum atomic E-state index is -1.98. The molecule has 0 saturated heterocycles. The van der Waals surface area contributed by atoms with E-state index in [0.29, 0.717) is 33.5 Å². The number of fused-ring (bicyclic) bond motifs is 20. The van der Waals surface area contributed by atoms with Crippen molar-refractivity contribution >= 4 is 68.0 Å². The number of aromatic nitrogens is 8. The number of carboxylic acid groups (broad SMARTS) is 4. The summed E-state index contributed by atoms with van der Waals surface area (Å²) in [6.07, 6.45) is 0. The van der Waals surface area contributed by atoms with Crippen molar-refractivity contribution in [3.8, 4) is 45.6 Å². The predicted molar refractivity (Wildman–Crippen MR) is 184 cm³/mol. The zero-order chi connectivity index (χ0) is 36.0. The molecule has 0 unspecified atom stereocenters. The van der Waals surface area contributed by atoms with Crippen LogP contribution in [0.15, 0.2) is 72.8 Å². The van der Waals surface area contributed by atoms with E-state index in [1.165, 1.54) is 0 Å². The van der Waals surface area contributed by atoms with Crippen LogP contribution in [0.5, 0.6) is 0 Å². The molecule has 16 nitrogen and oxygen atoms in total. The molecule has 53 heavy (non-hydrogen) atoms. The molecule has 9 rings (SSSR count). The van der Waals surface area contributed by atoms with Crippen molar-refractivity contribution in [2.24, 2.45) is 0 Å². The maximum absolute atomic E-state index is 12.9. The number of rotatable bonds is 4. The number of aromatic carboxylic acids is 4. The number of nitrogens with one attached hydrogen (secondary N) is 2. The van der Waals surface area contributed by atoms with Gasteiger partial charge < -0.3 is 30.4 Å². The van der Waals surface area contributed by atoms with Crippen LogP contribution in [0.25, 0.3) is 89.7 Å². The van der Waals surface area contributed by atoms with Crippen molar-refractivity contribution in [2.75, 3.05) is 0 Å². The molecule has 7 aromatic rings. The van der Waals surface area contributed by atoms with Gasteiger partial charge in [-0.2, -0.15) is 0 Å². The van der Waals surface area contributed by atoms with Crippen LogP contribution in [-0.2, 0) is 19.5 Å². The Bertz CT molecular complexity index is 2810. The van der Waals surface area contributed by atoms with Gasteiger partial charge >= 0.3 is 43.4 Å². The van der Waals surface area contributed by atoms with Crippen LogP contribution in [0.2, 0.25) is 0 Å². The van der Waals surface area contributed by atoms with Gasteiger partial charge in [-0.1, -0.05) is 72.8 Å². The number of carbonyl (C=O) groups is 4. The molecule has 17 heteroatoms. The van der Waals surface area contributed by atoms with Crippen molar-refractivity contribution in [2.45, 2.75) is 0 Å². The molecule has 8 bridgehead atoms. The Labute approximate surface area is 306 Å². The average molecular weight is 756 g/mol. The first kappa shape index (κ1) is 32.9. The molecular formula is C36H18N8O8Zn+2. The van der Waals surface area contributed by atoms with Gasteiger partial charge in [0.1, 0.15) is 22.6 Å². The largest absolute Gasteiger partial charge is 2.00 e. The second-order valence-corrected chi connectivity index (χ2v) is 11.7. The molecule has 2 aliphatic rings. The summed E-state index contributed by atoms with van der Waals surface area (Å²) in [6.45, 7) is 0. The summed E-state index contributed by atoms with van der Waals surface area (Å²) in [5, 5.41) is 41.7. The molecule has 0 spiro atoms. The van der Waals surface area contributed by atoms with Crippen LogP contribution in [-0.4, -0.2) is 84.2 Å². The van der Waals surface area contributed by atoms with Gasteiger partial charge in [0.25, 0.3) is 0 Å². The Morgan fingerprint density at radius 3 is 1.00 bits per heavy atom. The topological polar surface area (TPSA) is 258 Å². The normalized spacial score (nSPS) is 11.5. The zero-order valence-electron chi connectivity index (χ0n) is 26.7. The van der Waals surface area contributed by atoms with E-state index >= 15 is 0 Å². The van der Waals surface area contributed by atoms with Gasteiger partial charge in [0.05, 0.1) is 22.3 Å². The first-order valence-corrected chi connectivity index (χ1v) is 15.4. The molecule has 6 N–H and O–H groups in total. The Morgan fingerprint density at radius 1 is 0.396 bits per heavy atom. The smallest absolute Gasteiger partial charge is 0.478 e. The first-order chi connectivity index (χ1) is 25.1. The van der Waals surface area contributed by atoms with Gasteiger partial charge in [0.15, 0.2) is 23.3 Å². The Morgan fingerprint density at radius 2 is 0.679 bits per heavy atom. The molecule has 0 radical (unpaired) electrons. The second-order valence-electron chi connectivity index (χ2n) is 11.7. The molecule has 0 saturated carbocycles. The van der Waals surface area contributed by atoms with Crippen molar-refractivity contribution in [1.29, 1.82) is 0 Å². The van der Waals surface area contributed by atoms with Crippen LogP contribution < -0.4 is 0 Å². The minimum Gasteiger partial charge on any atom is -0.478 e. The van der Waals surface area contributed by atoms with Gasteiger partial charge in [0.2, 0.25) is 0 Å². The summed E-state index contributed by atoms with van der Waals surface area (Å²) >= 11 is 0. The van der Waals surface area contributed by atoms with E-state index < -0.39 is 56.9 Å². The summed E-state index contributed by atoms with van der Waals surface area (Å²) in [6, 6.07) is 21.3. The number of carboxylic acids is 4. The number of hydrogen-bond donors (Lipinski definition) is 6. The van der Waals surface area contributed by atoms with E-state index in [4.69, 9.17) is 9.97 Å². The molecule has 0 amide bonds. The van der Waals surface area contributed by atoms with Gasteiger partial charge in [-0.05, 0) is 0 Å². The fraction of sp³-hybridized carbons (Fsp3) is 0. The van der Waals surface area contributed by atoms with Gasteiger partial charge in [-0.25, -0.2) is 49.1 Å². The molecule has 2 aliphatic heterocycles. The van der Waals surface area contributed by atoms with Gasteiger partial charge in [-0.3, -0.25) is 0 Å². The SMILES string of the molecule is O=C(O)c1c(C(=O)O)c(C(=O)O)c2c3nc4nc(nc5[nH]c(nc6nc(nc([nH]3)c2c1C(=O)O)-c1ccccc1-6)c1ccccc51)-c1ccccc1-4.[Zn+2]. The molecule has 4 aromatic carbocycles. The molecule has 0 atom stereocenters. The van der Waals surface area contributed by atoms with Crippen molar-refractivity contribution in [3.63, 3.8) is 0 Å². The van der Waals surface area contributed by atoms with Crippen LogP contribution in [0.3, 0.4) is 0 Å². The molecule has 0 aliphatic carbocycles. The third kappa shape index (κ3) is 4.86. The van der Waals surface area contributed by atoms with Crippen molar-refractivity contribution < 1.29 is 59.1 Å². The monoisotopic (exact) mass is 754 g/mol. The number of aromatic amines is 2. The third-order valence-electron chi connectivity index (χ3n) is 8.85. The minimum absolute atomic E-state index is 0. The standard InChI is InChI=1S/C36H18N8O8.Zn/c45-33(46)21-19-20(22(34(47)48)24(36(51)52)23(21)35(49)50)32-43-30-18-12-6-4-10-16(18)28(41-30)39-26-14-8-2-1-7-13(14)25(37-26)38-27-15-9-3-5-11-17(15)29(40-27)42-31(19)44-32;/h1-12H,(H,45,46)(H,47,48)(H,49,50)(H,51,52)(H2,37,38,39,40,41,42,43,44);/q;+2. The maximum atomic E-state index is 12.9. The summed E-state index contributed by atoms with van der Waals surface area (Å²) in [7, 11) is 0. The first-order valence-electron chi connectivity index (χ1n) is 15.4. The fourth-order valence-electron chi connectivity index (χ4n) is 6.76. The number of H-pyrrole nitrogens is 2. The van der Waals surface area contributed by atoms with Crippen molar-refractivity contribution in [1.82, 2.24) is 39.9 Å². The average Bonchev–Trinajstić information content (AvgIpc) is 3.86. The van der Waals surface area contributed by atoms with Crippen LogP contribution >= 0.6 is 0 Å². The fourth-order valence-corrected chi connectivity index (χ4v) is 6.76. The molecule has 5 heterocycles. The van der Waals surface area contributed by atoms with E-state index in [2.05, 4.69) is 29.9 Å². The van der Waals surface area contributed by atoms with E-state index in [1.54, 1.807) is 48.5 Å². The number of hydrogen-bond acceptors (Lipinski definition) is 10. The van der Waals surface area contributed by atoms with Gasteiger partial charge in [0, 0.05) is 43.8 Å². The summed E-state index contributed by atoms with van der Waals surface area (Å²) in [4.78, 5) is 85.4.